The maximum atomic E-state index is 10.5. The summed E-state index contributed by atoms with van der Waals surface area (Å²) in [6.45, 7) is 13.3. The highest BCUT2D eigenvalue weighted by Gasteiger charge is 2.25. The first-order chi connectivity index (χ1) is 10.8. The van der Waals surface area contributed by atoms with Gasteiger partial charge in [-0.05, 0) is 25.7 Å². The zero-order valence-corrected chi connectivity index (χ0v) is 16.2. The number of hydrogen-bond acceptors (Lipinski definition) is 2. The first kappa shape index (κ1) is 28.5. The van der Waals surface area contributed by atoms with Gasteiger partial charge in [-0.1, -0.05) is 53.4 Å². The molecule has 0 atom stereocenters. The van der Waals surface area contributed by atoms with E-state index in [9.17, 15) is 13.2 Å². The Morgan fingerprint density at radius 3 is 1.00 bits per heavy atom. The topological polar surface area (TPSA) is 50.2 Å². The SMILES string of the molecule is CCCC[N+](CCCC)(CCCC)CCCC.OCC(F)(F)F.[OH-]. The van der Waals surface area contributed by atoms with E-state index < -0.39 is 12.8 Å². The first-order valence-corrected chi connectivity index (χ1v) is 9.33. The molecule has 6 heteroatoms. The molecule has 0 fully saturated rings. The van der Waals surface area contributed by atoms with Crippen LogP contribution in [-0.2, 0) is 0 Å². The van der Waals surface area contributed by atoms with Gasteiger partial charge in [0.15, 0.2) is 0 Å². The number of quaternary nitrogens is 1. The molecule has 0 aromatic carbocycles. The summed E-state index contributed by atoms with van der Waals surface area (Å²) >= 11 is 0. The zero-order chi connectivity index (χ0) is 18.2. The van der Waals surface area contributed by atoms with Crippen LogP contribution in [0.3, 0.4) is 0 Å². The van der Waals surface area contributed by atoms with Crippen molar-refractivity contribution in [2.75, 3.05) is 32.8 Å². The Kier molecular flexibility index (Phi) is 20.8. The highest BCUT2D eigenvalue weighted by Crippen LogP contribution is 2.16. The van der Waals surface area contributed by atoms with E-state index in [1.807, 2.05) is 0 Å². The predicted octanol–water partition coefficient (Wildman–Crippen LogP) is 5.37. The molecule has 0 spiro atoms. The molecule has 0 aromatic heterocycles. The Bertz CT molecular complexity index is 211. The Labute approximate surface area is 147 Å². The van der Waals surface area contributed by atoms with E-state index in [4.69, 9.17) is 5.11 Å². The Morgan fingerprint density at radius 2 is 0.875 bits per heavy atom. The van der Waals surface area contributed by atoms with Crippen molar-refractivity contribution in [3.63, 3.8) is 0 Å². The van der Waals surface area contributed by atoms with Crippen molar-refractivity contribution in [2.24, 2.45) is 0 Å². The van der Waals surface area contributed by atoms with Gasteiger partial charge < -0.3 is 15.1 Å². The minimum absolute atomic E-state index is 0. The van der Waals surface area contributed by atoms with Gasteiger partial charge in [-0.15, -0.1) is 0 Å². The van der Waals surface area contributed by atoms with Crippen molar-refractivity contribution >= 4 is 0 Å². The van der Waals surface area contributed by atoms with Crippen LogP contribution in [0.25, 0.3) is 0 Å². The van der Waals surface area contributed by atoms with Crippen LogP contribution in [0.5, 0.6) is 0 Å². The van der Waals surface area contributed by atoms with Gasteiger partial charge in [-0.25, -0.2) is 0 Å². The quantitative estimate of drug-likeness (QED) is 0.476. The van der Waals surface area contributed by atoms with Gasteiger partial charge >= 0.3 is 6.18 Å². The number of aliphatic hydroxyl groups is 1. The van der Waals surface area contributed by atoms with Crippen molar-refractivity contribution in [2.45, 2.75) is 85.2 Å². The molecule has 2 N–H and O–H groups in total. The molecule has 0 bridgehead atoms. The standard InChI is InChI=1S/C16H36N.C2H3F3O.H2O/c1-5-9-13-17(14-10-6-2,15-11-7-3)16-12-8-4;3-2(4,5)1-6;/h5-16H2,1-4H3;6H,1H2;1H2/q+1;;/p-1. The van der Waals surface area contributed by atoms with Crippen LogP contribution in [0.15, 0.2) is 0 Å². The molecule has 3 nitrogen and oxygen atoms in total. The van der Waals surface area contributed by atoms with Crippen LogP contribution in [0, 0.1) is 0 Å². The first-order valence-electron chi connectivity index (χ1n) is 9.33. The largest absolute Gasteiger partial charge is 0.870 e. The maximum absolute atomic E-state index is 10.5. The number of alkyl halides is 3. The third-order valence-corrected chi connectivity index (χ3v) is 4.12. The molecule has 0 aliphatic heterocycles. The van der Waals surface area contributed by atoms with Crippen LogP contribution in [0.2, 0.25) is 0 Å². The average Bonchev–Trinajstić information content (AvgIpc) is 2.53. The van der Waals surface area contributed by atoms with Crippen LogP contribution in [-0.4, -0.2) is 54.0 Å². The Morgan fingerprint density at radius 1 is 0.667 bits per heavy atom. The smallest absolute Gasteiger partial charge is 0.411 e. The summed E-state index contributed by atoms with van der Waals surface area (Å²) < 4.78 is 33.0. The Hall–Kier alpha value is -0.330. The molecule has 150 valence electrons. The van der Waals surface area contributed by atoms with E-state index in [0.717, 1.165) is 0 Å². The molecule has 0 aromatic rings. The lowest BCUT2D eigenvalue weighted by atomic mass is 10.1. The van der Waals surface area contributed by atoms with Crippen molar-refractivity contribution in [1.82, 2.24) is 0 Å². The van der Waals surface area contributed by atoms with Crippen LogP contribution in [0.4, 0.5) is 13.2 Å². The van der Waals surface area contributed by atoms with Crippen molar-refractivity contribution in [1.29, 1.82) is 0 Å². The zero-order valence-electron chi connectivity index (χ0n) is 16.2. The second kappa shape index (κ2) is 17.5. The van der Waals surface area contributed by atoms with Gasteiger partial charge in [0.2, 0.25) is 0 Å². The van der Waals surface area contributed by atoms with Crippen molar-refractivity contribution < 1.29 is 28.2 Å². The summed E-state index contributed by atoms with van der Waals surface area (Å²) in [5.74, 6) is 0. The van der Waals surface area contributed by atoms with Gasteiger partial charge in [-0.3, -0.25) is 0 Å². The van der Waals surface area contributed by atoms with E-state index in [0.29, 0.717) is 0 Å². The second-order valence-electron chi connectivity index (χ2n) is 6.42. The van der Waals surface area contributed by atoms with Gasteiger partial charge in [-0.2, -0.15) is 13.2 Å². The number of hydrogen-bond donors (Lipinski definition) is 1. The molecule has 0 saturated heterocycles. The number of aliphatic hydroxyl groups excluding tert-OH is 1. The summed E-state index contributed by atoms with van der Waals surface area (Å²) in [5.41, 5.74) is 0. The Balaban J connectivity index is -0.000000538. The van der Waals surface area contributed by atoms with Gasteiger partial charge in [0.1, 0.15) is 6.61 Å². The molecule has 0 aliphatic rings. The molecule has 0 heterocycles. The third kappa shape index (κ3) is 18.0. The van der Waals surface area contributed by atoms with Crippen LogP contribution < -0.4 is 0 Å². The average molecular weight is 360 g/mol. The third-order valence-electron chi connectivity index (χ3n) is 4.12. The normalized spacial score (nSPS) is 11.5. The number of rotatable bonds is 12. The molecule has 0 rings (SSSR count). The van der Waals surface area contributed by atoms with E-state index in [-0.39, 0.29) is 5.48 Å². The minimum atomic E-state index is -4.40. The number of unbranched alkanes of at least 4 members (excludes halogenated alkanes) is 4. The molecule has 0 aliphatic carbocycles. The lowest BCUT2D eigenvalue weighted by Crippen LogP contribution is -2.50. The van der Waals surface area contributed by atoms with Crippen LogP contribution >= 0.6 is 0 Å². The molecular weight excluding hydrogens is 319 g/mol. The fraction of sp³-hybridized carbons (Fsp3) is 1.00. The molecular formula is C18H40F3NO2. The minimum Gasteiger partial charge on any atom is -0.870 e. The highest BCUT2D eigenvalue weighted by atomic mass is 19.4. The molecule has 24 heavy (non-hydrogen) atoms. The molecule has 0 amide bonds. The van der Waals surface area contributed by atoms with Crippen molar-refractivity contribution in [3.05, 3.63) is 0 Å². The van der Waals surface area contributed by atoms with E-state index in [1.165, 1.54) is 82.0 Å². The van der Waals surface area contributed by atoms with Gasteiger partial charge in [0.25, 0.3) is 0 Å². The van der Waals surface area contributed by atoms with E-state index >= 15 is 0 Å². The van der Waals surface area contributed by atoms with E-state index in [2.05, 4.69) is 27.7 Å². The summed E-state index contributed by atoms with van der Waals surface area (Å²) in [7, 11) is 0. The lowest BCUT2D eigenvalue weighted by Gasteiger charge is -2.39. The molecule has 0 saturated carbocycles. The van der Waals surface area contributed by atoms with Crippen molar-refractivity contribution in [3.8, 4) is 0 Å². The predicted molar refractivity (Wildman–Crippen MR) is 94.4 cm³/mol. The van der Waals surface area contributed by atoms with Gasteiger partial charge in [0, 0.05) is 0 Å². The maximum Gasteiger partial charge on any atom is 0.411 e. The monoisotopic (exact) mass is 359 g/mol. The second-order valence-corrected chi connectivity index (χ2v) is 6.42. The van der Waals surface area contributed by atoms with Crippen LogP contribution in [0.1, 0.15) is 79.1 Å². The fourth-order valence-corrected chi connectivity index (χ4v) is 2.64. The summed E-state index contributed by atoms with van der Waals surface area (Å²) in [4.78, 5) is 0. The van der Waals surface area contributed by atoms with E-state index in [1.54, 1.807) is 0 Å². The number of nitrogens with zero attached hydrogens (tertiary/aromatic N) is 1. The molecule has 0 unspecified atom stereocenters. The highest BCUT2D eigenvalue weighted by molar-refractivity contribution is 4.49. The lowest BCUT2D eigenvalue weighted by molar-refractivity contribution is -0.929. The molecule has 0 radical (unpaired) electrons. The van der Waals surface area contributed by atoms with Gasteiger partial charge in [0.05, 0.1) is 26.2 Å². The summed E-state index contributed by atoms with van der Waals surface area (Å²) in [6, 6.07) is 0. The fourth-order valence-electron chi connectivity index (χ4n) is 2.64. The summed E-state index contributed by atoms with van der Waals surface area (Å²) in [6.07, 6.45) is 6.66. The number of halogens is 3. The summed E-state index contributed by atoms with van der Waals surface area (Å²) in [5, 5.41) is 7.28.